The standard InChI is InChI=1S/C35H58O6/c1-7-22(20(2)3)9-8-21(4)26-12-13-27-25-11-10-23-18-24(14-16-34(23,5)28(25)15-17-35(26,27)6)40-33-32(39)31(38)30(37)29(19-36)41-33/h8-10,20-22,24-33,36-39H,7,11-19H2,1-6H3/b9-8+/t21-,22+,24-,25-,26+,27-,28-,29+,30+,31-,32+,33+,34-,35+/m0/s1. The van der Waals surface area contributed by atoms with Crippen LogP contribution in [0.1, 0.15) is 99.3 Å². The van der Waals surface area contributed by atoms with Crippen LogP contribution in [0, 0.1) is 52.3 Å². The summed E-state index contributed by atoms with van der Waals surface area (Å²) in [6, 6.07) is 0. The third kappa shape index (κ3) is 5.64. The quantitative estimate of drug-likeness (QED) is 0.281. The van der Waals surface area contributed by atoms with Crippen LogP contribution in [-0.4, -0.2) is 63.8 Å². The summed E-state index contributed by atoms with van der Waals surface area (Å²) in [5, 5.41) is 40.4. The van der Waals surface area contributed by atoms with Crippen molar-refractivity contribution in [2.45, 2.75) is 136 Å². The lowest BCUT2D eigenvalue weighted by atomic mass is 9.47. The fourth-order valence-electron chi connectivity index (χ4n) is 10.3. The van der Waals surface area contributed by atoms with E-state index in [9.17, 15) is 20.4 Å². The number of rotatable bonds is 8. The van der Waals surface area contributed by atoms with Crippen molar-refractivity contribution in [2.75, 3.05) is 6.61 Å². The number of hydrogen-bond donors (Lipinski definition) is 4. The van der Waals surface area contributed by atoms with Crippen LogP contribution in [0.5, 0.6) is 0 Å². The molecule has 234 valence electrons. The van der Waals surface area contributed by atoms with E-state index in [1.54, 1.807) is 0 Å². The maximum Gasteiger partial charge on any atom is 0.186 e. The van der Waals surface area contributed by atoms with Gasteiger partial charge in [-0.25, -0.2) is 0 Å². The van der Waals surface area contributed by atoms with E-state index in [4.69, 9.17) is 9.47 Å². The van der Waals surface area contributed by atoms with Crippen LogP contribution in [-0.2, 0) is 9.47 Å². The topological polar surface area (TPSA) is 99.4 Å². The molecule has 0 bridgehead atoms. The summed E-state index contributed by atoms with van der Waals surface area (Å²) < 4.78 is 11.9. The lowest BCUT2D eigenvalue weighted by Crippen LogP contribution is -2.60. The van der Waals surface area contributed by atoms with Crippen LogP contribution in [0.4, 0.5) is 0 Å². The minimum Gasteiger partial charge on any atom is -0.394 e. The lowest BCUT2D eigenvalue weighted by Gasteiger charge is -2.58. The normalized spacial score (nSPS) is 47.9. The summed E-state index contributed by atoms with van der Waals surface area (Å²) in [6.07, 6.45) is 11.9. The van der Waals surface area contributed by atoms with Crippen LogP contribution < -0.4 is 0 Å². The van der Waals surface area contributed by atoms with Gasteiger partial charge in [0.05, 0.1) is 12.7 Å². The fraction of sp³-hybridized carbons (Fsp3) is 0.886. The van der Waals surface area contributed by atoms with Gasteiger partial charge in [0, 0.05) is 0 Å². The number of allylic oxidation sites excluding steroid dienone is 3. The van der Waals surface area contributed by atoms with Crippen molar-refractivity contribution < 1.29 is 29.9 Å². The Morgan fingerprint density at radius 1 is 0.976 bits per heavy atom. The van der Waals surface area contributed by atoms with Crippen molar-refractivity contribution in [3.05, 3.63) is 23.8 Å². The molecule has 3 saturated carbocycles. The van der Waals surface area contributed by atoms with E-state index in [1.165, 1.54) is 37.7 Å². The molecule has 14 atom stereocenters. The first-order chi connectivity index (χ1) is 19.4. The first-order valence-electron chi connectivity index (χ1n) is 16.8. The summed E-state index contributed by atoms with van der Waals surface area (Å²) in [7, 11) is 0. The number of hydrogen-bond acceptors (Lipinski definition) is 6. The summed E-state index contributed by atoms with van der Waals surface area (Å²) in [5.74, 6) is 5.05. The molecule has 4 fully saturated rings. The minimum atomic E-state index is -1.40. The van der Waals surface area contributed by atoms with Crippen molar-refractivity contribution in [3.63, 3.8) is 0 Å². The van der Waals surface area contributed by atoms with Crippen LogP contribution in [0.3, 0.4) is 0 Å². The SMILES string of the molecule is CC[C@H](/C=C/[C@H](C)[C@H]1CC[C@H]2[C@@H]3CC=C4C[C@@H](O[C@@H]5O[C@H](CO)[C@@H](O)[C@H](O)[C@H]5O)CC[C@]4(C)[C@H]3CC[C@]12C)C(C)C. The highest BCUT2D eigenvalue weighted by Gasteiger charge is 2.59. The molecule has 0 radical (unpaired) electrons. The van der Waals surface area contributed by atoms with Gasteiger partial charge in [-0.2, -0.15) is 0 Å². The molecular formula is C35H58O6. The molecule has 0 spiro atoms. The van der Waals surface area contributed by atoms with Crippen LogP contribution >= 0.6 is 0 Å². The monoisotopic (exact) mass is 574 g/mol. The molecular weight excluding hydrogens is 516 g/mol. The van der Waals surface area contributed by atoms with Gasteiger partial charge >= 0.3 is 0 Å². The van der Waals surface area contributed by atoms with E-state index in [1.807, 2.05) is 0 Å². The van der Waals surface area contributed by atoms with E-state index < -0.39 is 37.3 Å². The van der Waals surface area contributed by atoms with E-state index in [0.717, 1.165) is 43.4 Å². The Kier molecular flexibility index (Phi) is 9.51. The van der Waals surface area contributed by atoms with Crippen LogP contribution in [0.2, 0.25) is 0 Å². The highest BCUT2D eigenvalue weighted by Crippen LogP contribution is 2.67. The third-order valence-corrected chi connectivity index (χ3v) is 12.9. The van der Waals surface area contributed by atoms with Gasteiger partial charge in [0.25, 0.3) is 0 Å². The maximum absolute atomic E-state index is 10.5. The van der Waals surface area contributed by atoms with Gasteiger partial charge in [0.2, 0.25) is 0 Å². The van der Waals surface area contributed by atoms with Crippen molar-refractivity contribution in [1.29, 1.82) is 0 Å². The molecule has 6 nitrogen and oxygen atoms in total. The number of aliphatic hydroxyl groups excluding tert-OH is 4. The van der Waals surface area contributed by atoms with E-state index in [0.29, 0.717) is 29.1 Å². The van der Waals surface area contributed by atoms with Gasteiger partial charge in [-0.3, -0.25) is 0 Å². The molecule has 1 heterocycles. The summed E-state index contributed by atoms with van der Waals surface area (Å²) in [5.41, 5.74) is 2.11. The second-order valence-electron chi connectivity index (χ2n) is 15.2. The molecule has 0 unspecified atom stereocenters. The van der Waals surface area contributed by atoms with Crippen molar-refractivity contribution >= 4 is 0 Å². The fourth-order valence-corrected chi connectivity index (χ4v) is 10.3. The van der Waals surface area contributed by atoms with Gasteiger partial charge in [-0.05, 0) is 110 Å². The van der Waals surface area contributed by atoms with Gasteiger partial charge in [-0.1, -0.05) is 65.3 Å². The van der Waals surface area contributed by atoms with Crippen molar-refractivity contribution in [3.8, 4) is 0 Å². The Balaban J connectivity index is 1.26. The van der Waals surface area contributed by atoms with Crippen LogP contribution in [0.15, 0.2) is 23.8 Å². The summed E-state index contributed by atoms with van der Waals surface area (Å²) in [6.45, 7) is 14.2. The average molecular weight is 575 g/mol. The predicted octanol–water partition coefficient (Wildman–Crippen LogP) is 5.63. The van der Waals surface area contributed by atoms with Gasteiger partial charge in [-0.15, -0.1) is 0 Å². The molecule has 5 rings (SSSR count). The Bertz CT molecular complexity index is 960. The highest BCUT2D eigenvalue weighted by molar-refractivity contribution is 5.25. The van der Waals surface area contributed by atoms with Crippen molar-refractivity contribution in [1.82, 2.24) is 0 Å². The average Bonchev–Trinajstić information content (AvgIpc) is 3.30. The Morgan fingerprint density at radius 2 is 1.73 bits per heavy atom. The molecule has 4 aliphatic carbocycles. The molecule has 4 N–H and O–H groups in total. The van der Waals surface area contributed by atoms with Crippen LogP contribution in [0.25, 0.3) is 0 Å². The molecule has 0 aromatic heterocycles. The summed E-state index contributed by atoms with van der Waals surface area (Å²) >= 11 is 0. The number of aliphatic hydroxyl groups is 4. The molecule has 0 amide bonds. The van der Waals surface area contributed by atoms with Crippen molar-refractivity contribution in [2.24, 2.45) is 52.3 Å². The number of fused-ring (bicyclic) bond motifs is 5. The first kappa shape index (κ1) is 31.7. The molecule has 5 aliphatic rings. The zero-order chi connectivity index (χ0) is 29.7. The van der Waals surface area contributed by atoms with Gasteiger partial charge in [0.15, 0.2) is 6.29 Å². The Hall–Kier alpha value is -0.760. The molecule has 6 heteroatoms. The maximum atomic E-state index is 10.5. The van der Waals surface area contributed by atoms with Gasteiger partial charge < -0.3 is 29.9 Å². The molecule has 1 saturated heterocycles. The largest absolute Gasteiger partial charge is 0.394 e. The highest BCUT2D eigenvalue weighted by atomic mass is 16.7. The van der Waals surface area contributed by atoms with E-state index in [2.05, 4.69) is 59.8 Å². The predicted molar refractivity (Wildman–Crippen MR) is 161 cm³/mol. The Labute approximate surface area is 248 Å². The minimum absolute atomic E-state index is 0.109. The number of ether oxygens (including phenoxy) is 2. The zero-order valence-corrected chi connectivity index (χ0v) is 26.4. The summed E-state index contributed by atoms with van der Waals surface area (Å²) in [4.78, 5) is 0. The first-order valence-corrected chi connectivity index (χ1v) is 16.8. The smallest absolute Gasteiger partial charge is 0.186 e. The molecule has 1 aliphatic heterocycles. The Morgan fingerprint density at radius 3 is 2.41 bits per heavy atom. The van der Waals surface area contributed by atoms with E-state index in [-0.39, 0.29) is 11.5 Å². The third-order valence-electron chi connectivity index (χ3n) is 12.9. The lowest BCUT2D eigenvalue weighted by molar-refractivity contribution is -0.313. The van der Waals surface area contributed by atoms with E-state index >= 15 is 0 Å². The zero-order valence-electron chi connectivity index (χ0n) is 26.4. The molecule has 41 heavy (non-hydrogen) atoms. The second-order valence-corrected chi connectivity index (χ2v) is 15.2. The van der Waals surface area contributed by atoms with Gasteiger partial charge in [0.1, 0.15) is 24.4 Å². The second kappa shape index (κ2) is 12.3. The molecule has 0 aromatic rings. The molecule has 0 aromatic carbocycles.